The van der Waals surface area contributed by atoms with Crippen LogP contribution >= 0.6 is 0 Å². The van der Waals surface area contributed by atoms with E-state index in [9.17, 15) is 9.90 Å². The molecule has 0 saturated heterocycles. The Morgan fingerprint density at radius 1 is 1.26 bits per heavy atom. The zero-order valence-corrected chi connectivity index (χ0v) is 13.3. The molecule has 1 aliphatic heterocycles. The van der Waals surface area contributed by atoms with Gasteiger partial charge in [0.1, 0.15) is 17.1 Å². The molecule has 3 rings (SSSR count). The van der Waals surface area contributed by atoms with Crippen molar-refractivity contribution in [2.24, 2.45) is 0 Å². The van der Waals surface area contributed by atoms with Gasteiger partial charge in [-0.15, -0.1) is 0 Å². The van der Waals surface area contributed by atoms with Crippen molar-refractivity contribution >= 4 is 5.91 Å². The molecule has 1 aromatic carbocycles. The first kappa shape index (κ1) is 15.4. The van der Waals surface area contributed by atoms with E-state index in [4.69, 9.17) is 13.9 Å². The number of aryl methyl sites for hydroxylation is 2. The summed E-state index contributed by atoms with van der Waals surface area (Å²) < 4.78 is 15.9. The quantitative estimate of drug-likeness (QED) is 0.904. The summed E-state index contributed by atoms with van der Waals surface area (Å²) in [6.07, 6.45) is 0. The molecule has 1 aliphatic rings. The van der Waals surface area contributed by atoms with Crippen molar-refractivity contribution in [1.29, 1.82) is 0 Å². The van der Waals surface area contributed by atoms with Gasteiger partial charge in [0.2, 0.25) is 6.79 Å². The molecule has 6 heteroatoms. The number of ether oxygens (including phenoxy) is 2. The average Bonchev–Trinajstić information content (AvgIpc) is 3.10. The van der Waals surface area contributed by atoms with Crippen LogP contribution in [0.5, 0.6) is 11.5 Å². The van der Waals surface area contributed by atoms with Crippen molar-refractivity contribution in [2.45, 2.75) is 26.4 Å². The first-order chi connectivity index (χ1) is 10.9. The van der Waals surface area contributed by atoms with Crippen LogP contribution in [0.1, 0.15) is 34.4 Å². The van der Waals surface area contributed by atoms with Gasteiger partial charge in [0.05, 0.1) is 12.1 Å². The number of hydrogen-bond acceptors (Lipinski definition) is 5. The maximum atomic E-state index is 12.2. The second-order valence-electron chi connectivity index (χ2n) is 5.85. The minimum Gasteiger partial charge on any atom is -0.466 e. The molecule has 6 nitrogen and oxygen atoms in total. The number of aliphatic hydroxyl groups is 1. The highest BCUT2D eigenvalue weighted by atomic mass is 16.7. The molecule has 1 aromatic heterocycles. The number of nitrogens with one attached hydrogen (secondary N) is 1. The first-order valence-corrected chi connectivity index (χ1v) is 7.34. The molecule has 0 saturated carbocycles. The van der Waals surface area contributed by atoms with E-state index < -0.39 is 5.60 Å². The molecule has 2 N–H and O–H groups in total. The Labute approximate surface area is 134 Å². The standard InChI is InChI=1S/C17H19NO5/c1-10-6-13(11(2)23-10)16(19)18-8-17(3,20)12-4-5-14-15(7-12)22-9-21-14/h4-7,20H,8-9H2,1-3H3,(H,18,19). The maximum absolute atomic E-state index is 12.2. The smallest absolute Gasteiger partial charge is 0.254 e. The minimum atomic E-state index is -1.23. The van der Waals surface area contributed by atoms with Gasteiger partial charge in [-0.2, -0.15) is 0 Å². The second kappa shape index (κ2) is 5.62. The highest BCUT2D eigenvalue weighted by Crippen LogP contribution is 2.35. The number of amides is 1. The molecule has 1 amide bonds. The molecule has 23 heavy (non-hydrogen) atoms. The van der Waals surface area contributed by atoms with E-state index >= 15 is 0 Å². The topological polar surface area (TPSA) is 80.9 Å². The molecule has 0 bridgehead atoms. The maximum Gasteiger partial charge on any atom is 0.254 e. The molecule has 1 unspecified atom stereocenters. The van der Waals surface area contributed by atoms with E-state index in [1.54, 1.807) is 45.0 Å². The number of hydrogen-bond donors (Lipinski definition) is 2. The van der Waals surface area contributed by atoms with Crippen molar-refractivity contribution in [3.8, 4) is 11.5 Å². The van der Waals surface area contributed by atoms with Gasteiger partial charge in [-0.3, -0.25) is 4.79 Å². The zero-order chi connectivity index (χ0) is 16.6. The lowest BCUT2D eigenvalue weighted by Gasteiger charge is -2.24. The zero-order valence-electron chi connectivity index (χ0n) is 13.3. The van der Waals surface area contributed by atoms with Gasteiger partial charge in [-0.05, 0) is 44.5 Å². The second-order valence-corrected chi connectivity index (χ2v) is 5.85. The van der Waals surface area contributed by atoms with Crippen molar-refractivity contribution in [2.75, 3.05) is 13.3 Å². The summed E-state index contributed by atoms with van der Waals surface area (Å²) >= 11 is 0. The van der Waals surface area contributed by atoms with Gasteiger partial charge in [0.15, 0.2) is 11.5 Å². The van der Waals surface area contributed by atoms with Crippen LogP contribution in [0.15, 0.2) is 28.7 Å². The third-order valence-electron chi connectivity index (χ3n) is 3.87. The Kier molecular flexibility index (Phi) is 3.77. The monoisotopic (exact) mass is 317 g/mol. The minimum absolute atomic E-state index is 0.0646. The predicted octanol–water partition coefficient (Wildman–Crippen LogP) is 2.26. The number of carbonyl (C=O) groups is 1. The summed E-state index contributed by atoms with van der Waals surface area (Å²) in [5.74, 6) is 2.20. The van der Waals surface area contributed by atoms with Gasteiger partial charge in [0.25, 0.3) is 5.91 Å². The normalized spacial score (nSPS) is 15.3. The van der Waals surface area contributed by atoms with Crippen molar-refractivity contribution < 1.29 is 23.8 Å². The van der Waals surface area contributed by atoms with Gasteiger partial charge >= 0.3 is 0 Å². The summed E-state index contributed by atoms with van der Waals surface area (Å²) in [5, 5.41) is 13.4. The number of furan rings is 1. The SMILES string of the molecule is Cc1cc(C(=O)NCC(C)(O)c2ccc3c(c2)OCO3)c(C)o1. The number of fused-ring (bicyclic) bond motifs is 1. The fourth-order valence-corrected chi connectivity index (χ4v) is 2.54. The molecule has 0 spiro atoms. The number of rotatable bonds is 4. The predicted molar refractivity (Wildman–Crippen MR) is 82.7 cm³/mol. The number of benzene rings is 1. The lowest BCUT2D eigenvalue weighted by atomic mass is 9.95. The highest BCUT2D eigenvalue weighted by molar-refractivity contribution is 5.95. The summed E-state index contributed by atoms with van der Waals surface area (Å²) in [5.41, 5.74) is -0.116. The largest absolute Gasteiger partial charge is 0.466 e. The molecular weight excluding hydrogens is 298 g/mol. The Morgan fingerprint density at radius 3 is 2.70 bits per heavy atom. The molecule has 0 aliphatic carbocycles. The van der Waals surface area contributed by atoms with Crippen LogP contribution in [-0.4, -0.2) is 24.4 Å². The van der Waals surface area contributed by atoms with Crippen LogP contribution in [-0.2, 0) is 5.60 Å². The highest BCUT2D eigenvalue weighted by Gasteiger charge is 2.27. The van der Waals surface area contributed by atoms with Gasteiger partial charge < -0.3 is 24.3 Å². The van der Waals surface area contributed by atoms with Crippen molar-refractivity contribution in [3.63, 3.8) is 0 Å². The van der Waals surface area contributed by atoms with E-state index in [1.165, 1.54) is 0 Å². The van der Waals surface area contributed by atoms with Crippen LogP contribution in [0.3, 0.4) is 0 Å². The van der Waals surface area contributed by atoms with Gasteiger partial charge in [0, 0.05) is 0 Å². The van der Waals surface area contributed by atoms with Crippen molar-refractivity contribution in [1.82, 2.24) is 5.32 Å². The summed E-state index contributed by atoms with van der Waals surface area (Å²) in [4.78, 5) is 12.2. The van der Waals surface area contributed by atoms with Crippen LogP contribution in [0.25, 0.3) is 0 Å². The van der Waals surface area contributed by atoms with E-state index in [1.807, 2.05) is 0 Å². The van der Waals surface area contributed by atoms with E-state index in [0.717, 1.165) is 0 Å². The van der Waals surface area contributed by atoms with E-state index in [0.29, 0.717) is 34.1 Å². The molecule has 1 atom stereocenters. The molecular formula is C17H19NO5. The van der Waals surface area contributed by atoms with E-state index in [-0.39, 0.29) is 19.2 Å². The lowest BCUT2D eigenvalue weighted by molar-refractivity contribution is 0.0524. The average molecular weight is 317 g/mol. The third kappa shape index (κ3) is 3.03. The fraction of sp³-hybridized carbons (Fsp3) is 0.353. The van der Waals surface area contributed by atoms with Gasteiger partial charge in [-0.1, -0.05) is 6.07 Å². The molecule has 122 valence electrons. The number of carbonyl (C=O) groups excluding carboxylic acids is 1. The molecule has 0 fully saturated rings. The van der Waals surface area contributed by atoms with Crippen LogP contribution in [0, 0.1) is 13.8 Å². The van der Waals surface area contributed by atoms with Crippen LogP contribution in [0.4, 0.5) is 0 Å². The van der Waals surface area contributed by atoms with E-state index in [2.05, 4.69) is 5.32 Å². The molecule has 2 heterocycles. The first-order valence-electron chi connectivity index (χ1n) is 7.34. The van der Waals surface area contributed by atoms with Gasteiger partial charge in [-0.25, -0.2) is 0 Å². The summed E-state index contributed by atoms with van der Waals surface area (Å²) in [6.45, 7) is 5.40. The third-order valence-corrected chi connectivity index (χ3v) is 3.87. The summed E-state index contributed by atoms with van der Waals surface area (Å²) in [7, 11) is 0. The van der Waals surface area contributed by atoms with Crippen molar-refractivity contribution in [3.05, 3.63) is 46.9 Å². The van der Waals surface area contributed by atoms with Crippen LogP contribution < -0.4 is 14.8 Å². The summed E-state index contributed by atoms with van der Waals surface area (Å²) in [6, 6.07) is 6.91. The van der Waals surface area contributed by atoms with Crippen LogP contribution in [0.2, 0.25) is 0 Å². The Bertz CT molecular complexity index is 747. The Hall–Kier alpha value is -2.47. The Balaban J connectivity index is 1.71. The fourth-order valence-electron chi connectivity index (χ4n) is 2.54. The molecule has 2 aromatic rings. The molecule has 0 radical (unpaired) electrons. The lowest BCUT2D eigenvalue weighted by Crippen LogP contribution is -2.38. The Morgan fingerprint density at radius 2 is 2.00 bits per heavy atom.